The first-order valence-corrected chi connectivity index (χ1v) is 7.62. The van der Waals surface area contributed by atoms with E-state index in [0.29, 0.717) is 6.04 Å². The highest BCUT2D eigenvalue weighted by atomic mass is 16.5. The van der Waals surface area contributed by atoms with Crippen LogP contribution in [0.1, 0.15) is 46.5 Å². The number of unbranched alkanes of at least 4 members (excludes halogenated alkanes) is 1. The van der Waals surface area contributed by atoms with Gasteiger partial charge in [0.15, 0.2) is 0 Å². The molecule has 0 spiro atoms. The average molecular weight is 266 g/mol. The molecule has 1 N–H and O–H groups in total. The van der Waals surface area contributed by atoms with Crippen molar-refractivity contribution in [3.63, 3.8) is 0 Å². The van der Waals surface area contributed by atoms with Gasteiger partial charge in [-0.1, -0.05) is 6.92 Å². The number of nitrogens with one attached hydrogen (secondary N) is 1. The van der Waals surface area contributed by atoms with E-state index in [1.807, 2.05) is 0 Å². The lowest BCUT2D eigenvalue weighted by Gasteiger charge is -2.46. The highest BCUT2D eigenvalue weighted by Gasteiger charge is 2.35. The molecule has 0 bridgehead atoms. The van der Waals surface area contributed by atoms with E-state index in [1.165, 1.54) is 6.42 Å². The molecule has 0 aromatic rings. The minimum absolute atomic E-state index is 0.160. The lowest BCUT2D eigenvalue weighted by molar-refractivity contribution is -0.0245. The Hall–Kier alpha value is -0.560. The van der Waals surface area contributed by atoms with Crippen molar-refractivity contribution < 1.29 is 4.74 Å². The second kappa shape index (κ2) is 8.58. The second-order valence-electron chi connectivity index (χ2n) is 5.86. The van der Waals surface area contributed by atoms with Crippen molar-refractivity contribution in [2.24, 2.45) is 0 Å². The van der Waals surface area contributed by atoms with E-state index in [-0.39, 0.29) is 5.54 Å². The number of ether oxygens (including phenoxy) is 1. The molecule has 1 atom stereocenters. The van der Waals surface area contributed by atoms with Crippen LogP contribution < -0.4 is 5.32 Å². The first kappa shape index (κ1) is 16.5. The molecule has 0 aromatic carbocycles. The normalized spacial score (nSPS) is 19.1. The van der Waals surface area contributed by atoms with Crippen LogP contribution in [0.4, 0.5) is 0 Å². The molecule has 1 unspecified atom stereocenters. The minimum Gasteiger partial charge on any atom is -0.379 e. The Labute approximate surface area is 119 Å². The first-order chi connectivity index (χ1) is 9.12. The van der Waals surface area contributed by atoms with E-state index >= 15 is 0 Å². The van der Waals surface area contributed by atoms with Crippen LogP contribution in [0.5, 0.6) is 0 Å². The highest BCUT2D eigenvalue weighted by molar-refractivity contribution is 4.95. The zero-order valence-electron chi connectivity index (χ0n) is 12.9. The summed E-state index contributed by atoms with van der Waals surface area (Å²) in [7, 11) is 0. The Balaban J connectivity index is 2.60. The molecule has 1 heterocycles. The fourth-order valence-electron chi connectivity index (χ4n) is 2.79. The third-order valence-corrected chi connectivity index (χ3v) is 4.13. The molecule has 1 rings (SSSR count). The number of hydrogen-bond donors (Lipinski definition) is 1. The van der Waals surface area contributed by atoms with Crippen molar-refractivity contribution in [1.82, 2.24) is 10.2 Å². The molecule has 0 saturated carbocycles. The van der Waals surface area contributed by atoms with Crippen LogP contribution >= 0.6 is 0 Å². The summed E-state index contributed by atoms with van der Waals surface area (Å²) < 4.78 is 5.47. The Morgan fingerprint density at radius 3 is 2.63 bits per heavy atom. The predicted molar refractivity (Wildman–Crippen MR) is 81.2 cm³/mol. The van der Waals surface area contributed by atoms with Crippen LogP contribution in [-0.4, -0.2) is 49.3 Å². The fourth-order valence-corrected chi connectivity index (χ4v) is 2.79. The van der Waals surface area contributed by atoms with Gasteiger partial charge in [0.1, 0.15) is 0 Å². The Morgan fingerprint density at radius 2 is 2.05 bits per heavy atom. The molecule has 3 nitrogen and oxygen atoms in total. The van der Waals surface area contributed by atoms with Gasteiger partial charge in [0.05, 0.1) is 13.2 Å². The molecular formula is C16H30N2O. The molecular weight excluding hydrogens is 236 g/mol. The number of morpholine rings is 1. The van der Waals surface area contributed by atoms with Gasteiger partial charge in [0.25, 0.3) is 0 Å². The average Bonchev–Trinajstić information content (AvgIpc) is 2.43. The van der Waals surface area contributed by atoms with E-state index < -0.39 is 0 Å². The Bertz CT molecular complexity index is 277. The van der Waals surface area contributed by atoms with Crippen molar-refractivity contribution in [1.29, 1.82) is 0 Å². The molecule has 1 fully saturated rings. The molecule has 0 aliphatic carbocycles. The highest BCUT2D eigenvalue weighted by Crippen LogP contribution is 2.24. The van der Waals surface area contributed by atoms with E-state index in [9.17, 15) is 0 Å². The van der Waals surface area contributed by atoms with Gasteiger partial charge in [-0.2, -0.15) is 0 Å². The van der Waals surface area contributed by atoms with E-state index in [0.717, 1.165) is 52.1 Å². The lowest BCUT2D eigenvalue weighted by atomic mass is 9.88. The van der Waals surface area contributed by atoms with Crippen molar-refractivity contribution in [2.45, 2.75) is 58.0 Å². The van der Waals surface area contributed by atoms with Gasteiger partial charge in [0.2, 0.25) is 0 Å². The summed E-state index contributed by atoms with van der Waals surface area (Å²) in [6.07, 6.45) is 9.67. The topological polar surface area (TPSA) is 24.5 Å². The predicted octanol–water partition coefficient (Wildman–Crippen LogP) is 2.27. The molecule has 1 aliphatic rings. The standard InChI is InChI=1S/C16H30N2O/c1-5-7-8-9-15(17-10-6-2)16(3,4)18-11-13-19-14-12-18/h1,15,17H,6-14H2,2-4H3. The summed E-state index contributed by atoms with van der Waals surface area (Å²) in [6.45, 7) is 11.8. The second-order valence-corrected chi connectivity index (χ2v) is 5.86. The SMILES string of the molecule is C#CCCCC(NCCC)C(C)(C)N1CCOCC1. The molecule has 110 valence electrons. The van der Waals surface area contributed by atoms with Crippen LogP contribution in [0.15, 0.2) is 0 Å². The smallest absolute Gasteiger partial charge is 0.0594 e. The first-order valence-electron chi connectivity index (χ1n) is 7.62. The van der Waals surface area contributed by atoms with Crippen molar-refractivity contribution in [3.05, 3.63) is 0 Å². The summed E-state index contributed by atoms with van der Waals surface area (Å²) in [5, 5.41) is 3.71. The zero-order chi connectivity index (χ0) is 14.1. The fraction of sp³-hybridized carbons (Fsp3) is 0.875. The van der Waals surface area contributed by atoms with Crippen LogP contribution in [0.2, 0.25) is 0 Å². The van der Waals surface area contributed by atoms with Gasteiger partial charge in [-0.3, -0.25) is 4.90 Å². The summed E-state index contributed by atoms with van der Waals surface area (Å²) in [4.78, 5) is 2.56. The largest absolute Gasteiger partial charge is 0.379 e. The van der Waals surface area contributed by atoms with Crippen LogP contribution in [0.25, 0.3) is 0 Å². The third kappa shape index (κ3) is 5.14. The molecule has 3 heteroatoms. The van der Waals surface area contributed by atoms with Gasteiger partial charge in [-0.25, -0.2) is 0 Å². The Morgan fingerprint density at radius 1 is 1.37 bits per heavy atom. The number of rotatable bonds is 8. The lowest BCUT2D eigenvalue weighted by Crippen LogP contribution is -2.60. The van der Waals surface area contributed by atoms with E-state index in [4.69, 9.17) is 11.2 Å². The van der Waals surface area contributed by atoms with Crippen molar-refractivity contribution in [2.75, 3.05) is 32.8 Å². The molecule has 1 aliphatic heterocycles. The van der Waals surface area contributed by atoms with Gasteiger partial charge in [0, 0.05) is 31.1 Å². The zero-order valence-corrected chi connectivity index (χ0v) is 12.9. The maximum Gasteiger partial charge on any atom is 0.0594 e. The van der Waals surface area contributed by atoms with Crippen molar-refractivity contribution in [3.8, 4) is 12.3 Å². The van der Waals surface area contributed by atoms with E-state index in [2.05, 4.69) is 36.9 Å². The van der Waals surface area contributed by atoms with Crippen LogP contribution in [0, 0.1) is 12.3 Å². The number of terminal acetylenes is 1. The monoisotopic (exact) mass is 266 g/mol. The summed E-state index contributed by atoms with van der Waals surface area (Å²) >= 11 is 0. The number of hydrogen-bond acceptors (Lipinski definition) is 3. The van der Waals surface area contributed by atoms with Crippen LogP contribution in [-0.2, 0) is 4.74 Å². The van der Waals surface area contributed by atoms with E-state index in [1.54, 1.807) is 0 Å². The quantitative estimate of drug-likeness (QED) is 0.539. The molecule has 0 radical (unpaired) electrons. The van der Waals surface area contributed by atoms with Gasteiger partial charge in [-0.15, -0.1) is 12.3 Å². The summed E-state index contributed by atoms with van der Waals surface area (Å²) in [5.41, 5.74) is 0.160. The molecule has 1 saturated heterocycles. The maximum atomic E-state index is 5.47. The minimum atomic E-state index is 0.160. The molecule has 19 heavy (non-hydrogen) atoms. The number of nitrogens with zero attached hydrogens (tertiary/aromatic N) is 1. The maximum absolute atomic E-state index is 5.47. The third-order valence-electron chi connectivity index (χ3n) is 4.13. The van der Waals surface area contributed by atoms with Gasteiger partial charge in [-0.05, 0) is 39.7 Å². The Kier molecular flexibility index (Phi) is 7.45. The van der Waals surface area contributed by atoms with Gasteiger partial charge < -0.3 is 10.1 Å². The van der Waals surface area contributed by atoms with Gasteiger partial charge >= 0.3 is 0 Å². The van der Waals surface area contributed by atoms with Crippen molar-refractivity contribution >= 4 is 0 Å². The summed E-state index contributed by atoms with van der Waals surface area (Å²) in [5.74, 6) is 2.75. The van der Waals surface area contributed by atoms with Crippen LogP contribution in [0.3, 0.4) is 0 Å². The molecule has 0 aromatic heterocycles. The summed E-state index contributed by atoms with van der Waals surface area (Å²) in [6, 6.07) is 0.499. The molecule has 0 amide bonds.